The van der Waals surface area contributed by atoms with Crippen molar-refractivity contribution in [3.8, 4) is 5.75 Å². The number of aromatic hydroxyl groups is 1. The third-order valence-corrected chi connectivity index (χ3v) is 8.25. The topological polar surface area (TPSA) is 97.5 Å². The summed E-state index contributed by atoms with van der Waals surface area (Å²) >= 11 is 7.35. The fourth-order valence-electron chi connectivity index (χ4n) is 4.96. The average molecular weight is 531 g/mol. The number of nitrogens with one attached hydrogen (secondary N) is 3. The van der Waals surface area contributed by atoms with Crippen LogP contribution in [0.2, 0.25) is 5.02 Å². The van der Waals surface area contributed by atoms with E-state index in [1.807, 2.05) is 30.3 Å². The highest BCUT2D eigenvalue weighted by Crippen LogP contribution is 2.28. The predicted molar refractivity (Wildman–Crippen MR) is 147 cm³/mol. The highest BCUT2D eigenvalue weighted by molar-refractivity contribution is 7.16. The van der Waals surface area contributed by atoms with E-state index >= 15 is 0 Å². The van der Waals surface area contributed by atoms with Gasteiger partial charge in [0.05, 0.1) is 4.70 Å². The molecule has 0 spiro atoms. The largest absolute Gasteiger partial charge is 0.506 e. The third kappa shape index (κ3) is 7.32. The van der Waals surface area contributed by atoms with Crippen molar-refractivity contribution in [2.24, 2.45) is 0 Å². The fourth-order valence-corrected chi connectivity index (χ4v) is 6.09. The van der Waals surface area contributed by atoms with Gasteiger partial charge >= 0.3 is 4.87 Å². The number of halogens is 1. The van der Waals surface area contributed by atoms with Crippen molar-refractivity contribution >= 4 is 39.1 Å². The Labute approximate surface area is 220 Å². The molecule has 1 fully saturated rings. The Morgan fingerprint density at radius 2 is 1.83 bits per heavy atom. The quantitative estimate of drug-likeness (QED) is 0.250. The first-order valence-corrected chi connectivity index (χ1v) is 14.0. The molecule has 0 unspecified atom stereocenters. The minimum atomic E-state index is -0.152. The second-order valence-corrected chi connectivity index (χ2v) is 10.8. The van der Waals surface area contributed by atoms with Gasteiger partial charge in [-0.1, -0.05) is 60.0 Å². The molecule has 1 saturated carbocycles. The van der Waals surface area contributed by atoms with Crippen LogP contribution in [0.4, 0.5) is 0 Å². The molecule has 1 aliphatic rings. The third-order valence-electron chi connectivity index (χ3n) is 6.93. The SMILES string of the molecule is O=C(CCN(CCNCCc1ccc(O)c2[nH]c(=O)sc12)C1CCCC1)NCCc1ccccc1Cl. The van der Waals surface area contributed by atoms with E-state index in [0.29, 0.717) is 24.5 Å². The average Bonchev–Trinajstić information content (AvgIpc) is 3.54. The van der Waals surface area contributed by atoms with E-state index in [1.165, 1.54) is 25.7 Å². The van der Waals surface area contributed by atoms with Gasteiger partial charge in [-0.05, 0) is 55.5 Å². The molecule has 9 heteroatoms. The first-order valence-electron chi connectivity index (χ1n) is 12.8. The van der Waals surface area contributed by atoms with Gasteiger partial charge in [0.1, 0.15) is 11.3 Å². The smallest absolute Gasteiger partial charge is 0.305 e. The summed E-state index contributed by atoms with van der Waals surface area (Å²) in [4.78, 5) is 29.2. The Kier molecular flexibility index (Phi) is 9.81. The molecule has 3 aromatic rings. The van der Waals surface area contributed by atoms with Crippen LogP contribution in [0.15, 0.2) is 41.2 Å². The first-order chi connectivity index (χ1) is 17.5. The standard InChI is InChI=1S/C27H35ClN4O3S/c28-22-8-4-1-5-19(22)12-15-30-24(34)13-17-32(21-6-2-3-7-21)18-16-29-14-11-20-9-10-23(33)25-26(20)36-27(35)31-25/h1,4-5,8-10,21,29,33H,2-3,6-7,11-18H2,(H,30,34)(H,31,35). The molecule has 36 heavy (non-hydrogen) atoms. The van der Waals surface area contributed by atoms with Gasteiger partial charge in [0, 0.05) is 43.7 Å². The molecule has 4 rings (SSSR count). The maximum Gasteiger partial charge on any atom is 0.305 e. The Bertz CT molecular complexity index is 1210. The van der Waals surface area contributed by atoms with Crippen LogP contribution in [0.3, 0.4) is 0 Å². The number of carbonyl (C=O) groups is 1. The second kappa shape index (κ2) is 13.2. The molecular formula is C27H35ClN4O3S. The number of aromatic amines is 1. The summed E-state index contributed by atoms with van der Waals surface area (Å²) in [6.45, 7) is 3.89. The van der Waals surface area contributed by atoms with Crippen molar-refractivity contribution in [1.29, 1.82) is 0 Å². The maximum atomic E-state index is 12.5. The summed E-state index contributed by atoms with van der Waals surface area (Å²) in [6, 6.07) is 11.8. The lowest BCUT2D eigenvalue weighted by Gasteiger charge is -2.28. The number of phenols is 1. The Morgan fingerprint density at radius 1 is 1.06 bits per heavy atom. The molecule has 0 aliphatic heterocycles. The number of carbonyl (C=O) groups excluding carboxylic acids is 1. The number of thiazole rings is 1. The van der Waals surface area contributed by atoms with E-state index < -0.39 is 0 Å². The summed E-state index contributed by atoms with van der Waals surface area (Å²) in [5.41, 5.74) is 2.64. The molecule has 7 nitrogen and oxygen atoms in total. The van der Waals surface area contributed by atoms with Gasteiger partial charge in [-0.3, -0.25) is 14.5 Å². The summed E-state index contributed by atoms with van der Waals surface area (Å²) in [5, 5.41) is 17.3. The van der Waals surface area contributed by atoms with E-state index in [9.17, 15) is 14.7 Å². The Morgan fingerprint density at radius 3 is 2.64 bits per heavy atom. The predicted octanol–water partition coefficient (Wildman–Crippen LogP) is 4.07. The molecule has 1 aromatic heterocycles. The minimum Gasteiger partial charge on any atom is -0.506 e. The van der Waals surface area contributed by atoms with Crippen molar-refractivity contribution in [3.05, 3.63) is 62.2 Å². The van der Waals surface area contributed by atoms with E-state index in [4.69, 9.17) is 11.6 Å². The van der Waals surface area contributed by atoms with Gasteiger partial charge in [0.25, 0.3) is 0 Å². The lowest BCUT2D eigenvalue weighted by atomic mass is 10.1. The molecule has 194 valence electrons. The minimum absolute atomic E-state index is 0.0832. The summed E-state index contributed by atoms with van der Waals surface area (Å²) in [5.74, 6) is 0.194. The number of phenolic OH excluding ortho intramolecular Hbond substituents is 1. The fraction of sp³-hybridized carbons (Fsp3) is 0.481. The van der Waals surface area contributed by atoms with Crippen LogP contribution in [0.1, 0.15) is 43.2 Å². The molecule has 0 radical (unpaired) electrons. The first kappa shape index (κ1) is 26.7. The van der Waals surface area contributed by atoms with Crippen LogP contribution in [-0.2, 0) is 17.6 Å². The highest BCUT2D eigenvalue weighted by Gasteiger charge is 2.22. The number of rotatable bonds is 13. The summed E-state index contributed by atoms with van der Waals surface area (Å²) < 4.78 is 0.829. The zero-order valence-electron chi connectivity index (χ0n) is 20.5. The zero-order valence-corrected chi connectivity index (χ0v) is 22.1. The lowest BCUT2D eigenvalue weighted by Crippen LogP contribution is -2.41. The van der Waals surface area contributed by atoms with Gasteiger partial charge in [-0.15, -0.1) is 0 Å². The van der Waals surface area contributed by atoms with Crippen LogP contribution in [0, 0.1) is 0 Å². The van der Waals surface area contributed by atoms with Crippen molar-refractivity contribution in [3.63, 3.8) is 0 Å². The van der Waals surface area contributed by atoms with Crippen molar-refractivity contribution in [2.45, 2.75) is 51.0 Å². The van der Waals surface area contributed by atoms with Gasteiger partial charge in [0.15, 0.2) is 0 Å². The molecular weight excluding hydrogens is 496 g/mol. The van der Waals surface area contributed by atoms with Crippen molar-refractivity contribution in [1.82, 2.24) is 20.5 Å². The number of benzene rings is 2. The normalized spacial score (nSPS) is 14.2. The number of nitrogens with zero attached hydrogens (tertiary/aromatic N) is 1. The van der Waals surface area contributed by atoms with E-state index in [2.05, 4.69) is 20.5 Å². The van der Waals surface area contributed by atoms with Gasteiger partial charge in [-0.2, -0.15) is 0 Å². The highest BCUT2D eigenvalue weighted by atomic mass is 35.5. The van der Waals surface area contributed by atoms with E-state index in [0.717, 1.165) is 71.2 Å². The molecule has 0 saturated heterocycles. The Hall–Kier alpha value is -2.39. The van der Waals surface area contributed by atoms with Crippen molar-refractivity contribution in [2.75, 3.05) is 32.7 Å². The van der Waals surface area contributed by atoms with E-state index in [1.54, 1.807) is 6.07 Å². The van der Waals surface area contributed by atoms with Gasteiger partial charge in [0.2, 0.25) is 5.91 Å². The maximum absolute atomic E-state index is 12.5. The van der Waals surface area contributed by atoms with Crippen LogP contribution >= 0.6 is 22.9 Å². The number of hydrogen-bond acceptors (Lipinski definition) is 6. The number of fused-ring (bicyclic) bond motifs is 1. The molecule has 1 amide bonds. The van der Waals surface area contributed by atoms with Gasteiger partial charge in [-0.25, -0.2) is 0 Å². The zero-order chi connectivity index (χ0) is 25.3. The van der Waals surface area contributed by atoms with Crippen molar-refractivity contribution < 1.29 is 9.90 Å². The monoisotopic (exact) mass is 530 g/mol. The summed E-state index contributed by atoms with van der Waals surface area (Å²) in [6.07, 6.45) is 6.93. The molecule has 0 atom stereocenters. The number of H-pyrrole nitrogens is 1. The van der Waals surface area contributed by atoms with Crippen LogP contribution in [-0.4, -0.2) is 59.7 Å². The molecule has 4 N–H and O–H groups in total. The molecule has 1 heterocycles. The van der Waals surface area contributed by atoms with Crippen LogP contribution in [0.25, 0.3) is 10.2 Å². The summed E-state index contributed by atoms with van der Waals surface area (Å²) in [7, 11) is 0. The Balaban J connectivity index is 1.19. The lowest BCUT2D eigenvalue weighted by molar-refractivity contribution is -0.121. The molecule has 1 aliphatic carbocycles. The van der Waals surface area contributed by atoms with Crippen LogP contribution < -0.4 is 15.5 Å². The number of amides is 1. The van der Waals surface area contributed by atoms with Gasteiger partial charge < -0.3 is 20.7 Å². The van der Waals surface area contributed by atoms with E-state index in [-0.39, 0.29) is 16.5 Å². The second-order valence-electron chi connectivity index (χ2n) is 9.38. The molecule has 0 bridgehead atoms. The number of aromatic nitrogens is 1. The van der Waals surface area contributed by atoms with Crippen LogP contribution in [0.5, 0.6) is 5.75 Å². The number of hydrogen-bond donors (Lipinski definition) is 4. The molecule has 2 aromatic carbocycles.